The number of hydrogen-bond acceptors (Lipinski definition) is 3. The molecule has 0 aliphatic carbocycles. The summed E-state index contributed by atoms with van der Waals surface area (Å²) in [5.41, 5.74) is 2.46. The first kappa shape index (κ1) is 15.2. The Labute approximate surface area is 126 Å². The van der Waals surface area contributed by atoms with Crippen LogP contribution in [0.25, 0.3) is 10.4 Å². The van der Waals surface area contributed by atoms with Crippen LogP contribution >= 0.6 is 11.3 Å². The summed E-state index contributed by atoms with van der Waals surface area (Å²) in [6.07, 6.45) is 0. The van der Waals surface area contributed by atoms with E-state index in [2.05, 4.69) is 63.3 Å². The van der Waals surface area contributed by atoms with Crippen LogP contribution in [0.5, 0.6) is 0 Å². The molecule has 1 aromatic carbocycles. The summed E-state index contributed by atoms with van der Waals surface area (Å²) >= 11 is 1.83. The summed E-state index contributed by atoms with van der Waals surface area (Å²) in [6, 6.07) is 10.6. The van der Waals surface area contributed by atoms with Crippen molar-refractivity contribution in [2.75, 3.05) is 6.54 Å². The van der Waals surface area contributed by atoms with Gasteiger partial charge in [-0.3, -0.25) is 0 Å². The van der Waals surface area contributed by atoms with Crippen LogP contribution in [0.15, 0.2) is 30.3 Å². The zero-order valence-corrected chi connectivity index (χ0v) is 13.6. The van der Waals surface area contributed by atoms with Crippen molar-refractivity contribution in [2.45, 2.75) is 40.2 Å². The largest absolute Gasteiger partial charge is 0.311 e. The fourth-order valence-corrected chi connectivity index (χ4v) is 3.12. The van der Waals surface area contributed by atoms with Gasteiger partial charge in [0.25, 0.3) is 0 Å². The van der Waals surface area contributed by atoms with E-state index in [0.717, 1.165) is 13.1 Å². The van der Waals surface area contributed by atoms with Gasteiger partial charge in [0.1, 0.15) is 0 Å². The first-order valence-corrected chi connectivity index (χ1v) is 8.15. The molecule has 108 valence electrons. The molecule has 0 amide bonds. The highest BCUT2D eigenvalue weighted by atomic mass is 32.1. The Morgan fingerprint density at radius 3 is 2.40 bits per heavy atom. The van der Waals surface area contributed by atoms with E-state index in [1.165, 1.54) is 21.1 Å². The van der Waals surface area contributed by atoms with Gasteiger partial charge in [0, 0.05) is 12.5 Å². The van der Waals surface area contributed by atoms with Gasteiger partial charge in [0.05, 0.1) is 15.6 Å². The molecule has 2 aromatic rings. The fourth-order valence-electron chi connectivity index (χ4n) is 2.03. The molecule has 0 saturated carbocycles. The van der Waals surface area contributed by atoms with Gasteiger partial charge in [0.15, 0.2) is 0 Å². The molecule has 1 heterocycles. The number of thiazole rings is 1. The Hall–Kier alpha value is -1.19. The van der Waals surface area contributed by atoms with Crippen molar-refractivity contribution in [1.29, 1.82) is 0 Å². The van der Waals surface area contributed by atoms with Crippen LogP contribution in [0.1, 0.15) is 44.3 Å². The zero-order chi connectivity index (χ0) is 14.5. The van der Waals surface area contributed by atoms with E-state index in [-0.39, 0.29) is 0 Å². The summed E-state index contributed by atoms with van der Waals surface area (Å²) in [5.74, 6) is 1.15. The number of nitrogens with zero attached hydrogens (tertiary/aromatic N) is 1. The summed E-state index contributed by atoms with van der Waals surface area (Å²) < 4.78 is 0. The predicted octanol–water partition coefficient (Wildman–Crippen LogP) is 4.68. The molecule has 2 nitrogen and oxygen atoms in total. The van der Waals surface area contributed by atoms with Gasteiger partial charge >= 0.3 is 0 Å². The van der Waals surface area contributed by atoms with Crippen LogP contribution in [-0.4, -0.2) is 11.5 Å². The number of nitrogens with one attached hydrogen (secondary N) is 1. The van der Waals surface area contributed by atoms with Gasteiger partial charge in [-0.25, -0.2) is 4.98 Å². The molecule has 0 unspecified atom stereocenters. The molecular formula is C17H24N2S. The van der Waals surface area contributed by atoms with Gasteiger partial charge in [0.2, 0.25) is 0 Å². The minimum atomic E-state index is 0.487. The number of rotatable bonds is 6. The maximum absolute atomic E-state index is 4.84. The van der Waals surface area contributed by atoms with Gasteiger partial charge in [-0.2, -0.15) is 0 Å². The summed E-state index contributed by atoms with van der Waals surface area (Å²) in [4.78, 5) is 6.15. The molecule has 1 aromatic heterocycles. The number of aromatic nitrogens is 1. The molecule has 20 heavy (non-hydrogen) atoms. The zero-order valence-electron chi connectivity index (χ0n) is 12.8. The molecule has 0 spiro atoms. The first-order chi connectivity index (χ1) is 9.58. The van der Waals surface area contributed by atoms with Crippen molar-refractivity contribution in [3.63, 3.8) is 0 Å². The van der Waals surface area contributed by atoms with Crippen molar-refractivity contribution in [3.05, 3.63) is 41.0 Å². The lowest BCUT2D eigenvalue weighted by Crippen LogP contribution is -2.19. The third-order valence-electron chi connectivity index (χ3n) is 3.09. The van der Waals surface area contributed by atoms with E-state index in [0.29, 0.717) is 11.8 Å². The molecule has 3 heteroatoms. The van der Waals surface area contributed by atoms with Crippen molar-refractivity contribution < 1.29 is 0 Å². The molecular weight excluding hydrogens is 264 g/mol. The van der Waals surface area contributed by atoms with Gasteiger partial charge in [-0.15, -0.1) is 11.3 Å². The standard InChI is InChI=1S/C17H24N2S/c1-12(2)10-18-11-15-16(14-8-6-5-7-9-14)20-17(19-15)13(3)4/h5-9,12-13,18H,10-11H2,1-4H3. The summed E-state index contributed by atoms with van der Waals surface area (Å²) in [6.45, 7) is 10.8. The molecule has 0 bridgehead atoms. The molecule has 0 fully saturated rings. The SMILES string of the molecule is CC(C)CNCc1nc(C(C)C)sc1-c1ccccc1. The molecule has 2 rings (SSSR count). The summed E-state index contributed by atoms with van der Waals surface area (Å²) in [7, 11) is 0. The van der Waals surface area contributed by atoms with Gasteiger partial charge in [-0.1, -0.05) is 58.0 Å². The molecule has 0 aliphatic heterocycles. The average Bonchev–Trinajstić information content (AvgIpc) is 2.84. The topological polar surface area (TPSA) is 24.9 Å². The minimum absolute atomic E-state index is 0.487. The number of hydrogen-bond donors (Lipinski definition) is 1. The Morgan fingerprint density at radius 2 is 1.80 bits per heavy atom. The van der Waals surface area contributed by atoms with Gasteiger partial charge < -0.3 is 5.32 Å². The highest BCUT2D eigenvalue weighted by molar-refractivity contribution is 7.15. The Balaban J connectivity index is 2.24. The van der Waals surface area contributed by atoms with Crippen LogP contribution in [0, 0.1) is 5.92 Å². The smallest absolute Gasteiger partial charge is 0.0960 e. The Kier molecular flexibility index (Phi) is 5.32. The average molecular weight is 288 g/mol. The maximum Gasteiger partial charge on any atom is 0.0960 e. The quantitative estimate of drug-likeness (QED) is 0.835. The molecule has 0 radical (unpaired) electrons. The summed E-state index contributed by atoms with van der Waals surface area (Å²) in [5, 5.41) is 4.73. The molecule has 0 atom stereocenters. The van der Waals surface area contributed by atoms with E-state index in [1.807, 2.05) is 11.3 Å². The van der Waals surface area contributed by atoms with Crippen LogP contribution < -0.4 is 5.32 Å². The lowest BCUT2D eigenvalue weighted by molar-refractivity contribution is 0.548. The molecule has 1 N–H and O–H groups in total. The highest BCUT2D eigenvalue weighted by Gasteiger charge is 2.14. The van der Waals surface area contributed by atoms with Crippen molar-refractivity contribution in [3.8, 4) is 10.4 Å². The second-order valence-electron chi connectivity index (χ2n) is 5.87. The lowest BCUT2D eigenvalue weighted by Gasteiger charge is -2.07. The van der Waals surface area contributed by atoms with Crippen LogP contribution in [0.3, 0.4) is 0 Å². The van der Waals surface area contributed by atoms with Crippen molar-refractivity contribution >= 4 is 11.3 Å². The van der Waals surface area contributed by atoms with Gasteiger partial charge in [-0.05, 0) is 18.0 Å². The normalized spacial score (nSPS) is 11.5. The van der Waals surface area contributed by atoms with Crippen molar-refractivity contribution in [1.82, 2.24) is 10.3 Å². The van der Waals surface area contributed by atoms with Crippen LogP contribution in [0.2, 0.25) is 0 Å². The van der Waals surface area contributed by atoms with E-state index >= 15 is 0 Å². The Bertz CT molecular complexity index is 529. The minimum Gasteiger partial charge on any atom is -0.311 e. The van der Waals surface area contributed by atoms with Crippen molar-refractivity contribution in [2.24, 2.45) is 5.92 Å². The predicted molar refractivity (Wildman–Crippen MR) is 88.2 cm³/mol. The molecule has 0 aliphatic rings. The first-order valence-electron chi connectivity index (χ1n) is 7.33. The third kappa shape index (κ3) is 3.90. The van der Waals surface area contributed by atoms with Crippen LogP contribution in [0.4, 0.5) is 0 Å². The monoisotopic (exact) mass is 288 g/mol. The van der Waals surface area contributed by atoms with E-state index < -0.39 is 0 Å². The van der Waals surface area contributed by atoms with Crippen LogP contribution in [-0.2, 0) is 6.54 Å². The highest BCUT2D eigenvalue weighted by Crippen LogP contribution is 2.33. The fraction of sp³-hybridized carbons (Fsp3) is 0.471. The van der Waals surface area contributed by atoms with E-state index in [9.17, 15) is 0 Å². The van der Waals surface area contributed by atoms with E-state index in [4.69, 9.17) is 4.98 Å². The Morgan fingerprint density at radius 1 is 1.10 bits per heavy atom. The number of benzene rings is 1. The maximum atomic E-state index is 4.84. The molecule has 0 saturated heterocycles. The van der Waals surface area contributed by atoms with E-state index in [1.54, 1.807) is 0 Å². The third-order valence-corrected chi connectivity index (χ3v) is 4.54. The second-order valence-corrected chi connectivity index (χ2v) is 6.90. The lowest BCUT2D eigenvalue weighted by atomic mass is 10.1. The second kappa shape index (κ2) is 7.00.